The molecule has 1 unspecified atom stereocenters. The van der Waals surface area contributed by atoms with E-state index in [-0.39, 0.29) is 11.8 Å². The Kier molecular flexibility index (Phi) is 3.40. The third kappa shape index (κ3) is 2.32. The van der Waals surface area contributed by atoms with E-state index in [2.05, 4.69) is 18.7 Å². The first-order valence-electron chi connectivity index (χ1n) is 5.75. The van der Waals surface area contributed by atoms with Crippen LogP contribution in [0.1, 0.15) is 18.4 Å². The van der Waals surface area contributed by atoms with Crippen LogP contribution in [0.2, 0.25) is 0 Å². The average Bonchev–Trinajstić information content (AvgIpc) is 2.64. The molecule has 1 fully saturated rings. The minimum atomic E-state index is 0.168. The van der Waals surface area contributed by atoms with Crippen molar-refractivity contribution in [3.8, 4) is 0 Å². The second kappa shape index (κ2) is 4.97. The zero-order chi connectivity index (χ0) is 11.4. The van der Waals surface area contributed by atoms with Crippen LogP contribution in [0.25, 0.3) is 0 Å². The Morgan fingerprint density at radius 3 is 2.81 bits per heavy atom. The lowest BCUT2D eigenvalue weighted by Gasteiger charge is -2.16. The van der Waals surface area contributed by atoms with Crippen molar-refractivity contribution in [3.63, 3.8) is 0 Å². The van der Waals surface area contributed by atoms with Crippen molar-refractivity contribution >= 4 is 5.91 Å². The van der Waals surface area contributed by atoms with Crippen molar-refractivity contribution in [2.45, 2.75) is 19.4 Å². The van der Waals surface area contributed by atoms with Gasteiger partial charge in [-0.2, -0.15) is 0 Å². The topological polar surface area (TPSA) is 20.3 Å². The summed E-state index contributed by atoms with van der Waals surface area (Å²) in [4.78, 5) is 13.9. The Bertz CT molecular complexity index is 372. The van der Waals surface area contributed by atoms with Crippen LogP contribution in [0.5, 0.6) is 0 Å². The molecule has 16 heavy (non-hydrogen) atoms. The maximum absolute atomic E-state index is 12.0. The number of rotatable bonds is 4. The fourth-order valence-corrected chi connectivity index (χ4v) is 2.18. The van der Waals surface area contributed by atoms with E-state index in [1.807, 2.05) is 29.2 Å². The first-order valence-corrected chi connectivity index (χ1v) is 5.75. The van der Waals surface area contributed by atoms with Gasteiger partial charge >= 0.3 is 0 Å². The summed E-state index contributed by atoms with van der Waals surface area (Å²) in [6.45, 7) is 5.32. The largest absolute Gasteiger partial charge is 0.338 e. The van der Waals surface area contributed by atoms with Crippen LogP contribution >= 0.6 is 0 Å². The van der Waals surface area contributed by atoms with Gasteiger partial charge in [-0.15, -0.1) is 6.58 Å². The molecule has 0 saturated carbocycles. The molecule has 1 heterocycles. The summed E-state index contributed by atoms with van der Waals surface area (Å²) >= 11 is 0. The van der Waals surface area contributed by atoms with Gasteiger partial charge in [-0.25, -0.2) is 0 Å². The van der Waals surface area contributed by atoms with E-state index in [0.717, 1.165) is 25.9 Å². The summed E-state index contributed by atoms with van der Waals surface area (Å²) in [6, 6.07) is 10.1. The second-order valence-electron chi connectivity index (χ2n) is 4.26. The SMILES string of the molecule is C=CCC1CCN(Cc2ccccc2)C1=O. The van der Waals surface area contributed by atoms with Gasteiger partial charge in [0.2, 0.25) is 5.91 Å². The van der Waals surface area contributed by atoms with Crippen molar-refractivity contribution in [1.29, 1.82) is 0 Å². The van der Waals surface area contributed by atoms with Gasteiger partial charge in [0.05, 0.1) is 0 Å². The summed E-state index contributed by atoms with van der Waals surface area (Å²) in [5, 5.41) is 0. The lowest BCUT2D eigenvalue weighted by Crippen LogP contribution is -2.26. The fraction of sp³-hybridized carbons (Fsp3) is 0.357. The number of carbonyl (C=O) groups excluding carboxylic acids is 1. The first-order chi connectivity index (χ1) is 7.81. The van der Waals surface area contributed by atoms with Gasteiger partial charge in [0.15, 0.2) is 0 Å². The second-order valence-corrected chi connectivity index (χ2v) is 4.26. The lowest BCUT2D eigenvalue weighted by molar-refractivity contribution is -0.131. The lowest BCUT2D eigenvalue weighted by atomic mass is 10.0. The standard InChI is InChI=1S/C14H17NO/c1-2-6-13-9-10-15(14(13)16)11-12-7-4-3-5-8-12/h2-5,7-8,13H,1,6,9-11H2. The molecule has 1 aromatic carbocycles. The van der Waals surface area contributed by atoms with Crippen LogP contribution in [0.4, 0.5) is 0 Å². The molecule has 0 spiro atoms. The van der Waals surface area contributed by atoms with Gasteiger partial charge in [0.25, 0.3) is 0 Å². The normalized spacial score (nSPS) is 20.1. The maximum atomic E-state index is 12.0. The van der Waals surface area contributed by atoms with Gasteiger partial charge in [-0.1, -0.05) is 36.4 Å². The molecule has 1 aliphatic rings. The van der Waals surface area contributed by atoms with Crippen LogP contribution in [0, 0.1) is 5.92 Å². The Morgan fingerprint density at radius 1 is 1.38 bits per heavy atom. The zero-order valence-corrected chi connectivity index (χ0v) is 9.43. The Balaban J connectivity index is 1.97. The summed E-state index contributed by atoms with van der Waals surface area (Å²) in [5.74, 6) is 0.449. The molecule has 1 saturated heterocycles. The van der Waals surface area contributed by atoms with Crippen LogP contribution in [0.15, 0.2) is 43.0 Å². The van der Waals surface area contributed by atoms with Crippen molar-refractivity contribution in [1.82, 2.24) is 4.90 Å². The monoisotopic (exact) mass is 215 g/mol. The highest BCUT2D eigenvalue weighted by molar-refractivity contribution is 5.81. The van der Waals surface area contributed by atoms with Crippen molar-refractivity contribution < 1.29 is 4.79 Å². The summed E-state index contributed by atoms with van der Waals surface area (Å²) in [5.41, 5.74) is 1.20. The highest BCUT2D eigenvalue weighted by atomic mass is 16.2. The smallest absolute Gasteiger partial charge is 0.226 e. The van der Waals surface area contributed by atoms with Gasteiger partial charge < -0.3 is 4.90 Å². The van der Waals surface area contributed by atoms with E-state index >= 15 is 0 Å². The number of allylic oxidation sites excluding steroid dienone is 1. The molecule has 1 aliphatic heterocycles. The number of hydrogen-bond donors (Lipinski definition) is 0. The van der Waals surface area contributed by atoms with Gasteiger partial charge in [-0.05, 0) is 18.4 Å². The third-order valence-electron chi connectivity index (χ3n) is 3.08. The number of amides is 1. The first kappa shape index (κ1) is 10.9. The Labute approximate surface area is 96.6 Å². The van der Waals surface area contributed by atoms with Crippen molar-refractivity contribution in [2.75, 3.05) is 6.54 Å². The van der Waals surface area contributed by atoms with Crippen LogP contribution in [0.3, 0.4) is 0 Å². The molecule has 0 aliphatic carbocycles. The average molecular weight is 215 g/mol. The van der Waals surface area contributed by atoms with Crippen molar-refractivity contribution in [3.05, 3.63) is 48.6 Å². The highest BCUT2D eigenvalue weighted by Crippen LogP contribution is 2.23. The van der Waals surface area contributed by atoms with E-state index in [1.54, 1.807) is 0 Å². The van der Waals surface area contributed by atoms with Crippen LogP contribution in [-0.2, 0) is 11.3 Å². The number of nitrogens with zero attached hydrogens (tertiary/aromatic N) is 1. The third-order valence-corrected chi connectivity index (χ3v) is 3.08. The molecule has 2 rings (SSSR count). The fourth-order valence-electron chi connectivity index (χ4n) is 2.18. The van der Waals surface area contributed by atoms with Gasteiger partial charge in [0.1, 0.15) is 0 Å². The van der Waals surface area contributed by atoms with Crippen LogP contribution < -0.4 is 0 Å². The molecular weight excluding hydrogens is 198 g/mol. The molecular formula is C14H17NO. The predicted molar refractivity (Wildman–Crippen MR) is 64.8 cm³/mol. The number of hydrogen-bond acceptors (Lipinski definition) is 1. The maximum Gasteiger partial charge on any atom is 0.226 e. The molecule has 1 atom stereocenters. The number of likely N-dealkylation sites (tertiary alicyclic amines) is 1. The highest BCUT2D eigenvalue weighted by Gasteiger charge is 2.30. The molecule has 0 N–H and O–H groups in total. The van der Waals surface area contributed by atoms with Gasteiger partial charge in [0, 0.05) is 19.0 Å². The molecule has 0 radical (unpaired) electrons. The summed E-state index contributed by atoms with van der Waals surface area (Å²) in [7, 11) is 0. The minimum Gasteiger partial charge on any atom is -0.338 e. The molecule has 1 amide bonds. The van der Waals surface area contributed by atoms with E-state index in [1.165, 1.54) is 5.56 Å². The zero-order valence-electron chi connectivity index (χ0n) is 9.43. The van der Waals surface area contributed by atoms with Crippen LogP contribution in [-0.4, -0.2) is 17.4 Å². The molecule has 2 nitrogen and oxygen atoms in total. The quantitative estimate of drug-likeness (QED) is 0.707. The molecule has 1 aromatic rings. The number of carbonyl (C=O) groups is 1. The predicted octanol–water partition coefficient (Wildman–Crippen LogP) is 2.61. The molecule has 84 valence electrons. The minimum absolute atomic E-state index is 0.168. The van der Waals surface area contributed by atoms with Gasteiger partial charge in [-0.3, -0.25) is 4.79 Å². The van der Waals surface area contributed by atoms with E-state index in [9.17, 15) is 4.79 Å². The van der Waals surface area contributed by atoms with E-state index < -0.39 is 0 Å². The molecule has 2 heteroatoms. The van der Waals surface area contributed by atoms with Crippen molar-refractivity contribution in [2.24, 2.45) is 5.92 Å². The number of benzene rings is 1. The molecule has 0 bridgehead atoms. The van der Waals surface area contributed by atoms with E-state index in [4.69, 9.17) is 0 Å². The summed E-state index contributed by atoms with van der Waals surface area (Å²) < 4.78 is 0. The Morgan fingerprint density at radius 2 is 2.12 bits per heavy atom. The molecule has 0 aromatic heterocycles. The van der Waals surface area contributed by atoms with E-state index in [0.29, 0.717) is 0 Å². The Hall–Kier alpha value is -1.57. The summed E-state index contributed by atoms with van der Waals surface area (Å²) in [6.07, 6.45) is 3.62.